The van der Waals surface area contributed by atoms with E-state index < -0.39 is 6.04 Å². The van der Waals surface area contributed by atoms with Crippen LogP contribution in [-0.2, 0) is 17.6 Å². The number of halogens is 2. The summed E-state index contributed by atoms with van der Waals surface area (Å²) in [5, 5.41) is 12.5. The van der Waals surface area contributed by atoms with Gasteiger partial charge in [0.25, 0.3) is 0 Å². The normalized spacial score (nSPS) is 15.8. The predicted octanol–water partition coefficient (Wildman–Crippen LogP) is 5.58. The number of carbonyl (C=O) groups excluding carboxylic acids is 3. The Morgan fingerprint density at radius 3 is 2.36 bits per heavy atom. The average Bonchev–Trinajstić information content (AvgIpc) is 3.22. The first-order valence-electron chi connectivity index (χ1n) is 15.8. The first-order chi connectivity index (χ1) is 22.6. The first-order valence-corrected chi connectivity index (χ1v) is 17.4. The number of nitrogens with zero attached hydrogens (tertiary/aromatic N) is 3. The van der Waals surface area contributed by atoms with Gasteiger partial charge in [-0.25, -0.2) is 9.59 Å². The predicted molar refractivity (Wildman–Crippen MR) is 195 cm³/mol. The van der Waals surface area contributed by atoms with Crippen molar-refractivity contribution in [3.8, 4) is 0 Å². The molecule has 2 aliphatic heterocycles. The van der Waals surface area contributed by atoms with E-state index in [1.807, 2.05) is 79.7 Å². The lowest BCUT2D eigenvalue weighted by Crippen LogP contribution is -2.55. The summed E-state index contributed by atoms with van der Waals surface area (Å²) in [6.45, 7) is 3.10. The molecular weight excluding hydrogens is 728 g/mol. The van der Waals surface area contributed by atoms with Gasteiger partial charge in [0.05, 0.1) is 17.1 Å². The number of carbonyl (C=O) groups is 3. The average molecular weight is 771 g/mol. The van der Waals surface area contributed by atoms with Gasteiger partial charge in [0.15, 0.2) is 0 Å². The van der Waals surface area contributed by atoms with Gasteiger partial charge in [0.1, 0.15) is 6.04 Å². The molecule has 13 heteroatoms. The molecule has 11 nitrogen and oxygen atoms in total. The number of amides is 5. The molecule has 1 atom stereocenters. The van der Waals surface area contributed by atoms with Crippen LogP contribution in [0.3, 0.4) is 0 Å². The molecule has 0 aliphatic carbocycles. The maximum absolute atomic E-state index is 13.8. The maximum atomic E-state index is 13.8. The highest BCUT2D eigenvalue weighted by Gasteiger charge is 2.33. The number of nitrogens with two attached hydrogens (primary N) is 1. The smallest absolute Gasteiger partial charge is 0.322 e. The molecule has 1 saturated heterocycles. The lowest BCUT2D eigenvalue weighted by molar-refractivity contribution is -0.118. The summed E-state index contributed by atoms with van der Waals surface area (Å²) in [5.74, 6) is -0.333. The lowest BCUT2D eigenvalue weighted by Gasteiger charge is -2.38. The Balaban J connectivity index is 1.26. The second-order valence-corrected chi connectivity index (χ2v) is 13.9. The van der Waals surface area contributed by atoms with E-state index in [9.17, 15) is 14.4 Å². The minimum Gasteiger partial charge on any atom is -0.397 e. The summed E-state index contributed by atoms with van der Waals surface area (Å²) in [6, 6.07) is 17.9. The largest absolute Gasteiger partial charge is 0.397 e. The standard InChI is InChI=1S/C34H42Br2N8O3/c1-42(2)18-14-38-28-9-5-6-10-29(28)39-32(45)30(21-22-19-25(35)31(37)26(36)20-22)41-33(46)43-15-12-24(13-16-43)44-17-11-23-7-3-4-8-27(23)40-34(44)47/h3-10,19-20,24,30,38H,11-18,21,37H2,1-2H3,(H,39,45)(H,40,47)(H,41,46)/t30-/m1/s1. The molecule has 0 aromatic heterocycles. The molecule has 2 aliphatic rings. The van der Waals surface area contributed by atoms with E-state index >= 15 is 0 Å². The van der Waals surface area contributed by atoms with Crippen molar-refractivity contribution in [2.45, 2.75) is 37.8 Å². The number of likely N-dealkylation sites (N-methyl/N-ethyl adjacent to an activating group) is 1. The van der Waals surface area contributed by atoms with Crippen molar-refractivity contribution in [2.75, 3.05) is 68.5 Å². The molecule has 3 aromatic rings. The number of rotatable bonds is 10. The van der Waals surface area contributed by atoms with Crippen molar-refractivity contribution in [3.63, 3.8) is 0 Å². The van der Waals surface area contributed by atoms with Crippen LogP contribution in [0.15, 0.2) is 69.6 Å². The fraction of sp³-hybridized carbons (Fsp3) is 0.382. The number of hydrogen-bond acceptors (Lipinski definition) is 6. The molecule has 1 fully saturated rings. The third-order valence-corrected chi connectivity index (χ3v) is 9.90. The van der Waals surface area contributed by atoms with Crippen LogP contribution in [0.2, 0.25) is 0 Å². The van der Waals surface area contributed by atoms with Crippen LogP contribution in [0.25, 0.3) is 0 Å². The quantitative estimate of drug-likeness (QED) is 0.171. The number of likely N-dealkylation sites (tertiary alicyclic amines) is 1. The van der Waals surface area contributed by atoms with E-state index in [0.29, 0.717) is 59.3 Å². The number of benzene rings is 3. The van der Waals surface area contributed by atoms with Crippen LogP contribution in [0.5, 0.6) is 0 Å². The summed E-state index contributed by atoms with van der Waals surface area (Å²) < 4.78 is 1.40. The molecule has 6 N–H and O–H groups in total. The minimum atomic E-state index is -0.868. The lowest BCUT2D eigenvalue weighted by atomic mass is 10.0. The van der Waals surface area contributed by atoms with Gasteiger partial charge < -0.3 is 41.7 Å². The van der Waals surface area contributed by atoms with Gasteiger partial charge in [-0.2, -0.15) is 0 Å². The zero-order chi connectivity index (χ0) is 33.5. The second-order valence-electron chi connectivity index (χ2n) is 12.2. The van der Waals surface area contributed by atoms with Gasteiger partial charge in [-0.05, 0) is 107 Å². The number of nitrogens with one attached hydrogen (secondary N) is 4. The fourth-order valence-electron chi connectivity index (χ4n) is 5.94. The Bertz CT molecular complexity index is 1570. The number of nitrogen functional groups attached to an aromatic ring is 1. The molecule has 0 bridgehead atoms. The molecule has 250 valence electrons. The molecule has 2 heterocycles. The number of piperidine rings is 1. The molecule has 0 radical (unpaired) electrons. The van der Waals surface area contributed by atoms with Gasteiger partial charge in [-0.1, -0.05) is 30.3 Å². The number of para-hydroxylation sites is 3. The monoisotopic (exact) mass is 768 g/mol. The van der Waals surface area contributed by atoms with Gasteiger partial charge in [-0.3, -0.25) is 4.79 Å². The first kappa shape index (κ1) is 34.5. The Kier molecular flexibility index (Phi) is 11.6. The zero-order valence-electron chi connectivity index (χ0n) is 26.7. The summed E-state index contributed by atoms with van der Waals surface area (Å²) in [5.41, 5.74) is 10.9. The highest BCUT2D eigenvalue weighted by molar-refractivity contribution is 9.11. The zero-order valence-corrected chi connectivity index (χ0v) is 29.9. The molecular formula is C34H42Br2N8O3. The summed E-state index contributed by atoms with van der Waals surface area (Å²) in [6.07, 6.45) is 2.32. The highest BCUT2D eigenvalue weighted by Crippen LogP contribution is 2.31. The van der Waals surface area contributed by atoms with Crippen LogP contribution < -0.4 is 27.0 Å². The molecule has 0 spiro atoms. The van der Waals surface area contributed by atoms with Crippen LogP contribution in [0, 0.1) is 0 Å². The van der Waals surface area contributed by atoms with Gasteiger partial charge in [-0.15, -0.1) is 0 Å². The van der Waals surface area contributed by atoms with Crippen molar-refractivity contribution in [2.24, 2.45) is 0 Å². The highest BCUT2D eigenvalue weighted by atomic mass is 79.9. The number of urea groups is 2. The second kappa shape index (κ2) is 15.9. The van der Waals surface area contributed by atoms with Gasteiger partial charge >= 0.3 is 12.1 Å². The Labute approximate surface area is 292 Å². The topological polar surface area (TPSA) is 135 Å². The summed E-state index contributed by atoms with van der Waals surface area (Å²) in [4.78, 5) is 46.3. The van der Waals surface area contributed by atoms with Crippen molar-refractivity contribution < 1.29 is 14.4 Å². The van der Waals surface area contributed by atoms with E-state index in [2.05, 4.69) is 58.0 Å². The molecule has 5 rings (SSSR count). The molecule has 5 amide bonds. The van der Waals surface area contributed by atoms with Crippen molar-refractivity contribution in [1.82, 2.24) is 20.0 Å². The van der Waals surface area contributed by atoms with E-state index in [-0.39, 0.29) is 30.4 Å². The number of hydrogen-bond donors (Lipinski definition) is 5. The molecule has 0 saturated carbocycles. The van der Waals surface area contributed by atoms with Crippen molar-refractivity contribution >= 4 is 72.6 Å². The third kappa shape index (κ3) is 8.96. The van der Waals surface area contributed by atoms with Crippen LogP contribution in [0.4, 0.5) is 32.3 Å². The Morgan fingerprint density at radius 1 is 1.00 bits per heavy atom. The molecule has 3 aromatic carbocycles. The van der Waals surface area contributed by atoms with Gasteiger partial charge in [0.2, 0.25) is 5.91 Å². The minimum absolute atomic E-state index is 0.0217. The molecule has 47 heavy (non-hydrogen) atoms. The van der Waals surface area contributed by atoms with Crippen molar-refractivity contribution in [1.29, 1.82) is 0 Å². The van der Waals surface area contributed by atoms with E-state index in [1.54, 1.807) is 4.90 Å². The van der Waals surface area contributed by atoms with Crippen LogP contribution in [-0.4, -0.2) is 91.6 Å². The SMILES string of the molecule is CN(C)CCNc1ccccc1NC(=O)[C@@H](Cc1cc(Br)c(N)c(Br)c1)NC(=O)N1CCC(N2CCc3ccccc3NC2=O)CC1. The Morgan fingerprint density at radius 2 is 1.66 bits per heavy atom. The third-order valence-electron chi connectivity index (χ3n) is 8.59. The van der Waals surface area contributed by atoms with Crippen LogP contribution in [0.1, 0.15) is 24.0 Å². The molecule has 0 unspecified atom stereocenters. The fourth-order valence-corrected chi connectivity index (χ4v) is 7.22. The van der Waals surface area contributed by atoms with E-state index in [4.69, 9.17) is 5.73 Å². The summed E-state index contributed by atoms with van der Waals surface area (Å²) in [7, 11) is 4.01. The number of anilines is 4. The van der Waals surface area contributed by atoms with E-state index in [0.717, 1.165) is 35.5 Å². The van der Waals surface area contributed by atoms with Crippen molar-refractivity contribution in [3.05, 3.63) is 80.7 Å². The Hall–Kier alpha value is -3.81. The van der Waals surface area contributed by atoms with Gasteiger partial charge in [0, 0.05) is 59.8 Å². The summed E-state index contributed by atoms with van der Waals surface area (Å²) >= 11 is 6.99. The number of fused-ring (bicyclic) bond motifs is 1. The van der Waals surface area contributed by atoms with E-state index in [1.165, 1.54) is 0 Å². The van der Waals surface area contributed by atoms with Crippen LogP contribution >= 0.6 is 31.9 Å². The maximum Gasteiger partial charge on any atom is 0.322 e.